The third-order valence-electron chi connectivity index (χ3n) is 4.44. The number of rotatable bonds is 4. The van der Waals surface area contributed by atoms with E-state index in [1.165, 1.54) is 0 Å². The molecular weight excluding hydrogens is 352 g/mol. The van der Waals surface area contributed by atoms with Gasteiger partial charge in [0.1, 0.15) is 17.1 Å². The molecule has 1 heterocycles. The number of nitrogen functional groups attached to an aromatic ring is 1. The third kappa shape index (κ3) is 4.37. The van der Waals surface area contributed by atoms with Gasteiger partial charge in [-0.15, -0.1) is 0 Å². The molecule has 7 heteroatoms. The monoisotopic (exact) mass is 372 g/mol. The normalized spacial score (nSPS) is 18.9. The lowest BCUT2D eigenvalue weighted by Gasteiger charge is -2.15. The zero-order chi connectivity index (χ0) is 18.5. The second-order valence-corrected chi connectivity index (χ2v) is 6.64. The van der Waals surface area contributed by atoms with Crippen molar-refractivity contribution < 1.29 is 9.84 Å². The predicted octanol–water partition coefficient (Wildman–Crippen LogP) is 2.69. The van der Waals surface area contributed by atoms with Gasteiger partial charge in [0.25, 0.3) is 0 Å². The van der Waals surface area contributed by atoms with Crippen LogP contribution in [0, 0.1) is 17.8 Å². The smallest absolute Gasteiger partial charge is 0.223 e. The van der Waals surface area contributed by atoms with Crippen molar-refractivity contribution >= 4 is 23.4 Å². The minimum Gasteiger partial charge on any atom is -0.497 e. The van der Waals surface area contributed by atoms with Gasteiger partial charge in [-0.25, -0.2) is 0 Å². The molecule has 0 aliphatic heterocycles. The largest absolute Gasteiger partial charge is 0.497 e. The van der Waals surface area contributed by atoms with Crippen LogP contribution in [-0.4, -0.2) is 34.8 Å². The van der Waals surface area contributed by atoms with E-state index in [0.29, 0.717) is 17.3 Å². The number of aliphatic hydroxyl groups excluding tert-OH is 1. The van der Waals surface area contributed by atoms with Crippen molar-refractivity contribution in [2.45, 2.75) is 25.3 Å². The maximum Gasteiger partial charge on any atom is 0.223 e. The summed E-state index contributed by atoms with van der Waals surface area (Å²) in [5.74, 6) is 7.83. The van der Waals surface area contributed by atoms with Gasteiger partial charge in [-0.05, 0) is 49.4 Å². The van der Waals surface area contributed by atoms with Crippen molar-refractivity contribution in [1.82, 2.24) is 9.97 Å². The number of ether oxygens (including phenoxy) is 1. The summed E-state index contributed by atoms with van der Waals surface area (Å²) < 4.78 is 5.14. The van der Waals surface area contributed by atoms with Crippen molar-refractivity contribution in [1.29, 1.82) is 0 Å². The molecule has 0 saturated heterocycles. The maximum atomic E-state index is 9.31. The molecule has 6 nitrogen and oxygen atoms in total. The van der Waals surface area contributed by atoms with Gasteiger partial charge in [0.15, 0.2) is 5.15 Å². The van der Waals surface area contributed by atoms with Crippen LogP contribution in [0.2, 0.25) is 5.15 Å². The summed E-state index contributed by atoms with van der Waals surface area (Å²) in [7, 11) is 1.62. The minimum absolute atomic E-state index is 0.101. The van der Waals surface area contributed by atoms with E-state index < -0.39 is 0 Å². The number of hydrogen-bond donors (Lipinski definition) is 3. The second kappa shape index (κ2) is 8.26. The molecule has 1 fully saturated rings. The molecule has 0 radical (unpaired) electrons. The fourth-order valence-electron chi connectivity index (χ4n) is 3.04. The summed E-state index contributed by atoms with van der Waals surface area (Å²) >= 11 is 6.26. The maximum absolute atomic E-state index is 9.31. The number of halogens is 1. The van der Waals surface area contributed by atoms with Crippen LogP contribution in [0.15, 0.2) is 24.3 Å². The molecule has 1 aliphatic rings. The van der Waals surface area contributed by atoms with Crippen LogP contribution in [0.4, 0.5) is 11.8 Å². The van der Waals surface area contributed by atoms with Gasteiger partial charge in [0.2, 0.25) is 5.95 Å². The molecule has 1 aromatic carbocycles. The van der Waals surface area contributed by atoms with Crippen LogP contribution >= 0.6 is 11.6 Å². The van der Waals surface area contributed by atoms with Gasteiger partial charge in [-0.2, -0.15) is 9.97 Å². The first-order chi connectivity index (χ1) is 12.6. The van der Waals surface area contributed by atoms with E-state index in [1.807, 2.05) is 24.3 Å². The number of anilines is 2. The van der Waals surface area contributed by atoms with Crippen LogP contribution in [-0.2, 0) is 0 Å². The molecule has 0 spiro atoms. The lowest BCUT2D eigenvalue weighted by Crippen LogP contribution is -2.19. The Hall–Kier alpha value is -2.49. The number of benzene rings is 1. The van der Waals surface area contributed by atoms with Crippen LogP contribution in [0.5, 0.6) is 5.75 Å². The second-order valence-electron chi connectivity index (χ2n) is 6.28. The van der Waals surface area contributed by atoms with E-state index in [-0.39, 0.29) is 23.8 Å². The number of nitrogens with two attached hydrogens (primary N) is 1. The Labute approximate surface area is 157 Å². The number of nitrogens with one attached hydrogen (secondary N) is 1. The van der Waals surface area contributed by atoms with Gasteiger partial charge < -0.3 is 20.9 Å². The van der Waals surface area contributed by atoms with Gasteiger partial charge >= 0.3 is 0 Å². The number of aliphatic hydroxyl groups is 1. The number of hydrogen-bond acceptors (Lipinski definition) is 6. The molecule has 26 heavy (non-hydrogen) atoms. The Morgan fingerprint density at radius 1 is 1.27 bits per heavy atom. The van der Waals surface area contributed by atoms with E-state index >= 15 is 0 Å². The van der Waals surface area contributed by atoms with Gasteiger partial charge in [-0.1, -0.05) is 23.4 Å². The average Bonchev–Trinajstić information content (AvgIpc) is 3.09. The average molecular weight is 373 g/mol. The first kappa shape index (κ1) is 18.3. The summed E-state index contributed by atoms with van der Waals surface area (Å²) in [6, 6.07) is 7.64. The lowest BCUT2D eigenvalue weighted by molar-refractivity contribution is 0.229. The highest BCUT2D eigenvalue weighted by Gasteiger charge is 2.25. The number of methoxy groups -OCH3 is 1. The highest BCUT2D eigenvalue weighted by atomic mass is 35.5. The van der Waals surface area contributed by atoms with Crippen molar-refractivity contribution in [3.63, 3.8) is 0 Å². The summed E-state index contributed by atoms with van der Waals surface area (Å²) in [4.78, 5) is 8.28. The van der Waals surface area contributed by atoms with Crippen molar-refractivity contribution in [3.05, 3.63) is 40.5 Å². The van der Waals surface area contributed by atoms with E-state index in [0.717, 1.165) is 30.6 Å². The van der Waals surface area contributed by atoms with Gasteiger partial charge in [0.05, 0.1) is 7.11 Å². The van der Waals surface area contributed by atoms with Crippen LogP contribution in [0.1, 0.15) is 30.4 Å². The zero-order valence-electron chi connectivity index (χ0n) is 14.5. The quantitative estimate of drug-likeness (QED) is 0.564. The first-order valence-corrected chi connectivity index (χ1v) is 8.83. The summed E-state index contributed by atoms with van der Waals surface area (Å²) in [5.41, 5.74) is 7.09. The van der Waals surface area contributed by atoms with E-state index in [1.54, 1.807) is 7.11 Å². The summed E-state index contributed by atoms with van der Waals surface area (Å²) in [5, 5.41) is 12.9. The minimum atomic E-state index is 0.101. The zero-order valence-corrected chi connectivity index (χ0v) is 15.3. The highest BCUT2D eigenvalue weighted by molar-refractivity contribution is 6.31. The van der Waals surface area contributed by atoms with Crippen molar-refractivity contribution in [3.8, 4) is 17.6 Å². The Kier molecular flexibility index (Phi) is 5.82. The third-order valence-corrected chi connectivity index (χ3v) is 4.72. The topological polar surface area (TPSA) is 93.3 Å². The molecule has 4 N–H and O–H groups in total. The Morgan fingerprint density at radius 2 is 2.04 bits per heavy atom. The fraction of sp³-hybridized carbons (Fsp3) is 0.368. The number of aromatic nitrogens is 2. The molecule has 1 aromatic heterocycles. The predicted molar refractivity (Wildman–Crippen MR) is 102 cm³/mol. The van der Waals surface area contributed by atoms with Gasteiger partial charge in [-0.3, -0.25) is 0 Å². The fourth-order valence-corrected chi connectivity index (χ4v) is 3.26. The summed E-state index contributed by atoms with van der Waals surface area (Å²) in [6.07, 6.45) is 2.82. The molecule has 2 aromatic rings. The molecule has 3 rings (SSSR count). The lowest BCUT2D eigenvalue weighted by atomic mass is 10.1. The molecule has 2 atom stereocenters. The van der Waals surface area contributed by atoms with Gasteiger partial charge in [0, 0.05) is 18.2 Å². The van der Waals surface area contributed by atoms with Crippen LogP contribution in [0.25, 0.3) is 0 Å². The molecule has 1 aliphatic carbocycles. The highest BCUT2D eigenvalue weighted by Crippen LogP contribution is 2.29. The van der Waals surface area contributed by atoms with E-state index in [2.05, 4.69) is 27.1 Å². The van der Waals surface area contributed by atoms with Crippen molar-refractivity contribution in [2.24, 2.45) is 5.92 Å². The number of nitrogens with zero attached hydrogens (tertiary/aromatic N) is 2. The Balaban J connectivity index is 1.85. The molecule has 0 bridgehead atoms. The van der Waals surface area contributed by atoms with Crippen molar-refractivity contribution in [2.75, 3.05) is 24.8 Å². The first-order valence-electron chi connectivity index (χ1n) is 8.45. The molecule has 0 amide bonds. The molecule has 136 valence electrons. The molecule has 2 unspecified atom stereocenters. The SMILES string of the molecule is COc1ccc(C#Cc2c(Cl)nc(N)nc2NC2CCC(CO)C2)cc1. The molecular formula is C19H21ClN4O2. The standard InChI is InChI=1S/C19H21ClN4O2/c1-26-15-7-3-12(4-8-15)5-9-16-17(20)23-19(21)24-18(16)22-14-6-2-13(10-14)11-25/h3-4,7-8,13-14,25H,2,6,10-11H2,1H3,(H3,21,22,23,24). The van der Waals surface area contributed by atoms with E-state index in [4.69, 9.17) is 22.1 Å². The van der Waals surface area contributed by atoms with Crippen LogP contribution < -0.4 is 15.8 Å². The summed E-state index contributed by atoms with van der Waals surface area (Å²) in [6.45, 7) is 0.203. The van der Waals surface area contributed by atoms with E-state index in [9.17, 15) is 5.11 Å². The Morgan fingerprint density at radius 3 is 2.69 bits per heavy atom. The Bertz CT molecular complexity index is 830. The van der Waals surface area contributed by atoms with Crippen LogP contribution in [0.3, 0.4) is 0 Å². The molecule has 1 saturated carbocycles.